The minimum absolute atomic E-state index is 0.0717. The number of piperidine rings is 1. The van der Waals surface area contributed by atoms with Crippen molar-refractivity contribution < 1.29 is 9.53 Å². The van der Waals surface area contributed by atoms with Crippen molar-refractivity contribution in [3.05, 3.63) is 0 Å². The van der Waals surface area contributed by atoms with Gasteiger partial charge in [-0.15, -0.1) is 0 Å². The number of carbonyl (C=O) groups excluding carboxylic acids is 1. The summed E-state index contributed by atoms with van der Waals surface area (Å²) in [6.45, 7) is 6.47. The molecule has 0 amide bonds. The molecule has 2 unspecified atom stereocenters. The minimum Gasteiger partial charge on any atom is -0.468 e. The highest BCUT2D eigenvalue weighted by atomic mass is 16.5. The van der Waals surface area contributed by atoms with Crippen LogP contribution >= 0.6 is 0 Å². The Morgan fingerprint density at radius 3 is 2.72 bits per heavy atom. The predicted molar refractivity (Wildman–Crippen MR) is 71.5 cm³/mol. The van der Waals surface area contributed by atoms with Crippen LogP contribution in [0.2, 0.25) is 0 Å². The van der Waals surface area contributed by atoms with Crippen LogP contribution in [0.25, 0.3) is 0 Å². The number of nitrogens with zero attached hydrogens (tertiary/aromatic N) is 1. The van der Waals surface area contributed by atoms with E-state index in [0.717, 1.165) is 32.4 Å². The normalized spacial score (nSPS) is 33.9. The molecule has 0 aromatic carbocycles. The molecule has 0 spiro atoms. The number of nitrogens with one attached hydrogen (secondary N) is 1. The van der Waals surface area contributed by atoms with Crippen molar-refractivity contribution in [1.29, 1.82) is 0 Å². The van der Waals surface area contributed by atoms with Gasteiger partial charge < -0.3 is 10.1 Å². The Balaban J connectivity index is 2.25. The molecule has 2 aliphatic rings. The molecule has 0 bridgehead atoms. The fourth-order valence-electron chi connectivity index (χ4n) is 3.65. The van der Waals surface area contributed by atoms with Gasteiger partial charge in [-0.05, 0) is 52.6 Å². The molecule has 2 atom stereocenters. The standard InChI is InChI=1S/C14H26N2O2/c1-11(2)16-10-5-4-7-12(16)14(13(17)18-3)8-6-9-15-14/h11-12,15H,4-10H2,1-3H3. The molecule has 0 aliphatic carbocycles. The molecule has 0 saturated carbocycles. The summed E-state index contributed by atoms with van der Waals surface area (Å²) in [5.41, 5.74) is -0.459. The van der Waals surface area contributed by atoms with Gasteiger partial charge in [0.1, 0.15) is 5.54 Å². The molecule has 0 aromatic rings. The largest absolute Gasteiger partial charge is 0.468 e. The van der Waals surface area contributed by atoms with Crippen LogP contribution < -0.4 is 5.32 Å². The van der Waals surface area contributed by atoms with Crippen LogP contribution in [0, 0.1) is 0 Å². The lowest BCUT2D eigenvalue weighted by atomic mass is 9.81. The molecule has 0 radical (unpaired) electrons. The van der Waals surface area contributed by atoms with Gasteiger partial charge in [0, 0.05) is 12.1 Å². The second-order valence-corrected chi connectivity index (χ2v) is 5.84. The lowest BCUT2D eigenvalue weighted by Gasteiger charge is -2.46. The Bertz CT molecular complexity index is 298. The van der Waals surface area contributed by atoms with Crippen LogP contribution in [-0.2, 0) is 9.53 Å². The average molecular weight is 254 g/mol. The maximum Gasteiger partial charge on any atom is 0.327 e. The third-order valence-corrected chi connectivity index (χ3v) is 4.51. The molecule has 1 N–H and O–H groups in total. The molecule has 4 heteroatoms. The zero-order chi connectivity index (χ0) is 13.2. The van der Waals surface area contributed by atoms with Gasteiger partial charge >= 0.3 is 5.97 Å². The van der Waals surface area contributed by atoms with Crippen LogP contribution in [0.5, 0.6) is 0 Å². The van der Waals surface area contributed by atoms with E-state index in [1.165, 1.54) is 20.0 Å². The van der Waals surface area contributed by atoms with Crippen molar-refractivity contribution in [3.8, 4) is 0 Å². The van der Waals surface area contributed by atoms with Crippen molar-refractivity contribution in [2.24, 2.45) is 0 Å². The van der Waals surface area contributed by atoms with E-state index < -0.39 is 5.54 Å². The minimum atomic E-state index is -0.459. The summed E-state index contributed by atoms with van der Waals surface area (Å²) in [6, 6.07) is 0.778. The molecular weight excluding hydrogens is 228 g/mol. The van der Waals surface area contributed by atoms with Crippen LogP contribution in [-0.4, -0.2) is 48.7 Å². The summed E-state index contributed by atoms with van der Waals surface area (Å²) < 4.78 is 5.09. The topological polar surface area (TPSA) is 41.6 Å². The second kappa shape index (κ2) is 5.57. The summed E-state index contributed by atoms with van der Waals surface area (Å²) in [5, 5.41) is 3.46. The number of esters is 1. The molecule has 2 heterocycles. The third kappa shape index (κ3) is 2.28. The van der Waals surface area contributed by atoms with E-state index >= 15 is 0 Å². The Morgan fingerprint density at radius 1 is 1.39 bits per heavy atom. The van der Waals surface area contributed by atoms with Gasteiger partial charge in [0.2, 0.25) is 0 Å². The first kappa shape index (κ1) is 13.8. The number of rotatable bonds is 3. The van der Waals surface area contributed by atoms with E-state index in [0.29, 0.717) is 12.1 Å². The van der Waals surface area contributed by atoms with Gasteiger partial charge in [-0.25, -0.2) is 4.79 Å². The molecule has 4 nitrogen and oxygen atoms in total. The average Bonchev–Trinajstić information content (AvgIpc) is 2.88. The summed E-state index contributed by atoms with van der Waals surface area (Å²) in [7, 11) is 1.51. The Hall–Kier alpha value is -0.610. The smallest absolute Gasteiger partial charge is 0.327 e. The van der Waals surface area contributed by atoms with Gasteiger partial charge in [-0.1, -0.05) is 6.42 Å². The summed E-state index contributed by atoms with van der Waals surface area (Å²) in [4.78, 5) is 14.8. The van der Waals surface area contributed by atoms with Crippen molar-refractivity contribution in [2.75, 3.05) is 20.2 Å². The molecule has 2 saturated heterocycles. The lowest BCUT2D eigenvalue weighted by molar-refractivity contribution is -0.152. The molecule has 2 aliphatic heterocycles. The van der Waals surface area contributed by atoms with E-state index in [2.05, 4.69) is 24.1 Å². The van der Waals surface area contributed by atoms with Crippen molar-refractivity contribution in [3.63, 3.8) is 0 Å². The van der Waals surface area contributed by atoms with Crippen molar-refractivity contribution in [2.45, 2.75) is 63.6 Å². The highest BCUT2D eigenvalue weighted by molar-refractivity contribution is 5.82. The molecule has 2 fully saturated rings. The third-order valence-electron chi connectivity index (χ3n) is 4.51. The summed E-state index contributed by atoms with van der Waals surface area (Å²) in [6.07, 6.45) is 5.53. The van der Waals surface area contributed by atoms with Gasteiger partial charge in [-0.2, -0.15) is 0 Å². The van der Waals surface area contributed by atoms with Crippen molar-refractivity contribution >= 4 is 5.97 Å². The number of hydrogen-bond acceptors (Lipinski definition) is 4. The second-order valence-electron chi connectivity index (χ2n) is 5.84. The molecule has 18 heavy (non-hydrogen) atoms. The van der Waals surface area contributed by atoms with Crippen LogP contribution in [0.3, 0.4) is 0 Å². The maximum absolute atomic E-state index is 12.3. The summed E-state index contributed by atoms with van der Waals surface area (Å²) >= 11 is 0. The maximum atomic E-state index is 12.3. The monoisotopic (exact) mass is 254 g/mol. The zero-order valence-electron chi connectivity index (χ0n) is 11.9. The molecule has 104 valence electrons. The fourth-order valence-corrected chi connectivity index (χ4v) is 3.65. The highest BCUT2D eigenvalue weighted by Gasteiger charge is 2.51. The number of methoxy groups -OCH3 is 1. The molecular formula is C14H26N2O2. The number of carbonyl (C=O) groups is 1. The SMILES string of the molecule is COC(=O)C1(C2CCCCN2C(C)C)CCCN1. The first-order valence-corrected chi connectivity index (χ1v) is 7.21. The van der Waals surface area contributed by atoms with Gasteiger partial charge in [-0.3, -0.25) is 4.90 Å². The quantitative estimate of drug-likeness (QED) is 0.776. The van der Waals surface area contributed by atoms with Crippen LogP contribution in [0.15, 0.2) is 0 Å². The van der Waals surface area contributed by atoms with Gasteiger partial charge in [0.05, 0.1) is 7.11 Å². The van der Waals surface area contributed by atoms with Crippen LogP contribution in [0.1, 0.15) is 46.0 Å². The highest BCUT2D eigenvalue weighted by Crippen LogP contribution is 2.34. The number of hydrogen-bond donors (Lipinski definition) is 1. The molecule has 0 aromatic heterocycles. The van der Waals surface area contributed by atoms with E-state index in [9.17, 15) is 4.79 Å². The first-order valence-electron chi connectivity index (χ1n) is 7.21. The van der Waals surface area contributed by atoms with E-state index in [4.69, 9.17) is 4.74 Å². The first-order chi connectivity index (χ1) is 8.62. The fraction of sp³-hybridized carbons (Fsp3) is 0.929. The molecule has 2 rings (SSSR count). The van der Waals surface area contributed by atoms with E-state index in [1.807, 2.05) is 0 Å². The Morgan fingerprint density at radius 2 is 2.17 bits per heavy atom. The van der Waals surface area contributed by atoms with Crippen LogP contribution in [0.4, 0.5) is 0 Å². The number of ether oxygens (including phenoxy) is 1. The van der Waals surface area contributed by atoms with E-state index in [-0.39, 0.29) is 5.97 Å². The zero-order valence-corrected chi connectivity index (χ0v) is 11.9. The Labute approximate surface area is 110 Å². The number of likely N-dealkylation sites (tertiary alicyclic amines) is 1. The van der Waals surface area contributed by atoms with Gasteiger partial charge in [0.15, 0.2) is 0 Å². The Kier molecular flexibility index (Phi) is 4.28. The lowest BCUT2D eigenvalue weighted by Crippen LogP contribution is -2.65. The van der Waals surface area contributed by atoms with Gasteiger partial charge in [0.25, 0.3) is 0 Å². The predicted octanol–water partition coefficient (Wildman–Crippen LogP) is 1.54. The van der Waals surface area contributed by atoms with E-state index in [1.54, 1.807) is 0 Å². The summed E-state index contributed by atoms with van der Waals surface area (Å²) in [5.74, 6) is -0.0717. The van der Waals surface area contributed by atoms with Crippen molar-refractivity contribution in [1.82, 2.24) is 10.2 Å².